The van der Waals surface area contributed by atoms with E-state index < -0.39 is 0 Å². The lowest BCUT2D eigenvalue weighted by atomic mass is 10.1. The highest BCUT2D eigenvalue weighted by molar-refractivity contribution is 6.12. The molecule has 0 amide bonds. The molecular formula is C19H23N3O3. The second-order valence-electron chi connectivity index (χ2n) is 5.38. The molecule has 2 aromatic rings. The van der Waals surface area contributed by atoms with Crippen molar-refractivity contribution in [3.05, 3.63) is 60.2 Å². The molecule has 0 aliphatic heterocycles. The number of benzene rings is 1. The first kappa shape index (κ1) is 18.6. The first-order chi connectivity index (χ1) is 12.3. The minimum atomic E-state index is -0.142. The molecule has 0 bridgehead atoms. The Balaban J connectivity index is 1.84. The normalized spacial score (nSPS) is 11.2. The van der Waals surface area contributed by atoms with Crippen LogP contribution in [0.2, 0.25) is 0 Å². The third kappa shape index (κ3) is 6.71. The maximum Gasteiger partial charge on any atom is 0.305 e. The van der Waals surface area contributed by atoms with E-state index in [9.17, 15) is 4.79 Å². The molecule has 0 fully saturated rings. The van der Waals surface area contributed by atoms with Gasteiger partial charge in [0.05, 0.1) is 6.61 Å². The van der Waals surface area contributed by atoms with Crippen molar-refractivity contribution in [2.24, 2.45) is 5.16 Å². The zero-order valence-corrected chi connectivity index (χ0v) is 14.4. The van der Waals surface area contributed by atoms with Crippen molar-refractivity contribution in [1.29, 1.82) is 0 Å². The fraction of sp³-hybridized carbons (Fsp3) is 0.368. The predicted molar refractivity (Wildman–Crippen MR) is 95.2 cm³/mol. The van der Waals surface area contributed by atoms with Crippen LogP contribution in [0.4, 0.5) is 0 Å². The minimum Gasteiger partial charge on any atom is -0.466 e. The molecule has 0 spiro atoms. The van der Waals surface area contributed by atoms with E-state index in [4.69, 9.17) is 9.57 Å². The monoisotopic (exact) mass is 341 g/mol. The smallest absolute Gasteiger partial charge is 0.305 e. The van der Waals surface area contributed by atoms with Crippen molar-refractivity contribution < 1.29 is 14.4 Å². The summed E-state index contributed by atoms with van der Waals surface area (Å²) in [6, 6.07) is 9.78. The third-order valence-corrected chi connectivity index (χ3v) is 3.46. The lowest BCUT2D eigenvalue weighted by Gasteiger charge is -2.07. The number of ether oxygens (including phenoxy) is 1. The van der Waals surface area contributed by atoms with Gasteiger partial charge in [0, 0.05) is 29.9 Å². The molecule has 0 saturated carbocycles. The number of rotatable bonds is 10. The van der Waals surface area contributed by atoms with Crippen LogP contribution in [0.3, 0.4) is 0 Å². The Kier molecular flexibility index (Phi) is 8.11. The summed E-state index contributed by atoms with van der Waals surface area (Å²) in [5.74, 6) is -0.142. The standard InChI is InChI=1S/C19H23N3O3/c1-2-24-18(23)11-7-4-8-12-25-22-19(16-9-5-3-6-10-16)17-13-20-15-21-14-17/h3,5-6,9-10,13-15H,2,4,7-8,11-12H2,1H3/b22-19-. The summed E-state index contributed by atoms with van der Waals surface area (Å²) in [6.07, 6.45) is 7.87. The van der Waals surface area contributed by atoms with Crippen molar-refractivity contribution in [3.8, 4) is 0 Å². The Morgan fingerprint density at radius 3 is 2.52 bits per heavy atom. The zero-order chi connectivity index (χ0) is 17.7. The highest BCUT2D eigenvalue weighted by Gasteiger charge is 2.08. The number of oxime groups is 1. The fourth-order valence-electron chi connectivity index (χ4n) is 2.25. The summed E-state index contributed by atoms with van der Waals surface area (Å²) in [5, 5.41) is 4.27. The van der Waals surface area contributed by atoms with Gasteiger partial charge < -0.3 is 9.57 Å². The molecule has 6 heteroatoms. The molecule has 0 atom stereocenters. The number of unbranched alkanes of at least 4 members (excludes halogenated alkanes) is 2. The molecule has 0 radical (unpaired) electrons. The highest BCUT2D eigenvalue weighted by atomic mass is 16.6. The van der Waals surface area contributed by atoms with E-state index >= 15 is 0 Å². The molecule has 2 rings (SSSR count). The van der Waals surface area contributed by atoms with Gasteiger partial charge in [0.25, 0.3) is 0 Å². The van der Waals surface area contributed by atoms with Crippen molar-refractivity contribution in [3.63, 3.8) is 0 Å². The lowest BCUT2D eigenvalue weighted by molar-refractivity contribution is -0.143. The molecule has 1 heterocycles. The van der Waals surface area contributed by atoms with Crippen molar-refractivity contribution in [2.75, 3.05) is 13.2 Å². The number of hydrogen-bond donors (Lipinski definition) is 0. The second-order valence-corrected chi connectivity index (χ2v) is 5.38. The topological polar surface area (TPSA) is 73.7 Å². The SMILES string of the molecule is CCOC(=O)CCCCCO/N=C(/c1ccccc1)c1cncnc1. The molecular weight excluding hydrogens is 318 g/mol. The third-order valence-electron chi connectivity index (χ3n) is 3.46. The van der Waals surface area contributed by atoms with Crippen LogP contribution >= 0.6 is 0 Å². The summed E-state index contributed by atoms with van der Waals surface area (Å²) >= 11 is 0. The lowest BCUT2D eigenvalue weighted by Crippen LogP contribution is -2.06. The number of aromatic nitrogens is 2. The Labute approximate surface area is 147 Å². The van der Waals surface area contributed by atoms with E-state index in [1.54, 1.807) is 12.4 Å². The fourth-order valence-corrected chi connectivity index (χ4v) is 2.25. The Morgan fingerprint density at radius 2 is 1.80 bits per heavy atom. The number of hydrogen-bond acceptors (Lipinski definition) is 6. The molecule has 0 aliphatic carbocycles. The van der Waals surface area contributed by atoms with Crippen LogP contribution in [0.5, 0.6) is 0 Å². The average Bonchev–Trinajstić information content (AvgIpc) is 2.65. The first-order valence-electron chi connectivity index (χ1n) is 8.47. The van der Waals surface area contributed by atoms with Crippen LogP contribution in [0, 0.1) is 0 Å². The Hall–Kier alpha value is -2.76. The predicted octanol–water partition coefficient (Wildman–Crippen LogP) is 3.37. The number of esters is 1. The van der Waals surface area contributed by atoms with E-state index in [0.717, 1.165) is 30.4 Å². The Morgan fingerprint density at radius 1 is 1.04 bits per heavy atom. The van der Waals surface area contributed by atoms with Gasteiger partial charge in [0.15, 0.2) is 0 Å². The maximum absolute atomic E-state index is 11.2. The van der Waals surface area contributed by atoms with Gasteiger partial charge in [-0.1, -0.05) is 35.5 Å². The van der Waals surface area contributed by atoms with Gasteiger partial charge in [-0.05, 0) is 26.2 Å². The molecule has 0 saturated heterocycles. The molecule has 0 N–H and O–H groups in total. The summed E-state index contributed by atoms with van der Waals surface area (Å²) in [5.41, 5.74) is 2.45. The number of carbonyl (C=O) groups is 1. The quantitative estimate of drug-likeness (QED) is 0.287. The van der Waals surface area contributed by atoms with Crippen LogP contribution in [0.1, 0.15) is 43.7 Å². The van der Waals surface area contributed by atoms with Gasteiger partial charge in [-0.25, -0.2) is 9.97 Å². The summed E-state index contributed by atoms with van der Waals surface area (Å²) in [6.45, 7) is 2.74. The van der Waals surface area contributed by atoms with Crippen molar-refractivity contribution in [1.82, 2.24) is 9.97 Å². The van der Waals surface area contributed by atoms with E-state index in [2.05, 4.69) is 15.1 Å². The summed E-state index contributed by atoms with van der Waals surface area (Å²) in [7, 11) is 0. The molecule has 0 unspecified atom stereocenters. The van der Waals surface area contributed by atoms with Gasteiger partial charge in [-0.15, -0.1) is 0 Å². The zero-order valence-electron chi connectivity index (χ0n) is 14.4. The van der Waals surface area contributed by atoms with Crippen molar-refractivity contribution >= 4 is 11.7 Å². The molecule has 25 heavy (non-hydrogen) atoms. The van der Waals surface area contributed by atoms with E-state index in [0.29, 0.717) is 25.3 Å². The average molecular weight is 341 g/mol. The van der Waals surface area contributed by atoms with Crippen molar-refractivity contribution in [2.45, 2.75) is 32.6 Å². The molecule has 1 aromatic carbocycles. The van der Waals surface area contributed by atoms with Gasteiger partial charge in [0.1, 0.15) is 18.6 Å². The van der Waals surface area contributed by atoms with E-state index in [1.807, 2.05) is 37.3 Å². The number of carbonyl (C=O) groups excluding carboxylic acids is 1. The molecule has 132 valence electrons. The largest absolute Gasteiger partial charge is 0.466 e. The first-order valence-corrected chi connectivity index (χ1v) is 8.47. The van der Waals surface area contributed by atoms with E-state index in [-0.39, 0.29) is 5.97 Å². The van der Waals surface area contributed by atoms with Gasteiger partial charge in [0.2, 0.25) is 0 Å². The highest BCUT2D eigenvalue weighted by Crippen LogP contribution is 2.10. The molecule has 1 aromatic heterocycles. The summed E-state index contributed by atoms with van der Waals surface area (Å²) in [4.78, 5) is 24.8. The van der Waals surface area contributed by atoms with Crippen LogP contribution in [-0.4, -0.2) is 34.9 Å². The maximum atomic E-state index is 11.2. The minimum absolute atomic E-state index is 0.142. The van der Waals surface area contributed by atoms with Crippen LogP contribution < -0.4 is 0 Å². The van der Waals surface area contributed by atoms with Gasteiger partial charge >= 0.3 is 5.97 Å². The number of nitrogens with zero attached hydrogens (tertiary/aromatic N) is 3. The molecule has 6 nitrogen and oxygen atoms in total. The van der Waals surface area contributed by atoms with E-state index in [1.165, 1.54) is 6.33 Å². The van der Waals surface area contributed by atoms with Gasteiger partial charge in [-0.3, -0.25) is 4.79 Å². The van der Waals surface area contributed by atoms with Gasteiger partial charge in [-0.2, -0.15) is 0 Å². The van der Waals surface area contributed by atoms with Crippen LogP contribution in [0.15, 0.2) is 54.2 Å². The second kappa shape index (κ2) is 10.9. The summed E-state index contributed by atoms with van der Waals surface area (Å²) < 4.78 is 4.90. The molecule has 0 aliphatic rings. The Bertz CT molecular complexity index is 619. The van der Waals surface area contributed by atoms with Crippen LogP contribution in [-0.2, 0) is 14.4 Å². The van der Waals surface area contributed by atoms with Crippen LogP contribution in [0.25, 0.3) is 0 Å².